The van der Waals surface area contributed by atoms with Crippen molar-refractivity contribution in [3.05, 3.63) is 40.1 Å². The monoisotopic (exact) mass is 270 g/mol. The van der Waals surface area contributed by atoms with Gasteiger partial charge in [0.2, 0.25) is 0 Å². The lowest BCUT2D eigenvalue weighted by Crippen LogP contribution is -2.02. The number of aromatic amines is 1. The second-order valence-electron chi connectivity index (χ2n) is 4.66. The van der Waals surface area contributed by atoms with Crippen molar-refractivity contribution in [1.29, 1.82) is 5.26 Å². The zero-order valence-electron chi connectivity index (χ0n) is 11.1. The van der Waals surface area contributed by atoms with Crippen molar-refractivity contribution in [2.45, 2.75) is 26.7 Å². The van der Waals surface area contributed by atoms with Gasteiger partial charge in [-0.1, -0.05) is 26.1 Å². The molecule has 0 atom stereocenters. The summed E-state index contributed by atoms with van der Waals surface area (Å²) in [5.74, 6) is 1.10. The number of nitrogens with zero attached hydrogens (tertiary/aromatic N) is 3. The van der Waals surface area contributed by atoms with Crippen LogP contribution in [-0.4, -0.2) is 15.0 Å². The Labute approximate surface area is 117 Å². The van der Waals surface area contributed by atoms with E-state index in [0.29, 0.717) is 10.2 Å². The summed E-state index contributed by atoms with van der Waals surface area (Å²) < 4.78 is 0.583. The minimum Gasteiger partial charge on any atom is -0.343 e. The standard InChI is InChI=1S/C14H14N4S/c1-8(2)13-17-12(9(3)14(19)18-13)11-4-10(5-15)6-16-7-11/h4,6-8H,1-3H3,(H,17,18,19). The van der Waals surface area contributed by atoms with Crippen molar-refractivity contribution < 1.29 is 0 Å². The molecule has 0 aliphatic rings. The van der Waals surface area contributed by atoms with E-state index in [9.17, 15) is 0 Å². The molecule has 0 spiro atoms. The Morgan fingerprint density at radius 2 is 2.11 bits per heavy atom. The van der Waals surface area contributed by atoms with Crippen LogP contribution in [0.5, 0.6) is 0 Å². The number of H-pyrrole nitrogens is 1. The highest BCUT2D eigenvalue weighted by molar-refractivity contribution is 7.71. The number of aromatic nitrogens is 3. The van der Waals surface area contributed by atoms with Gasteiger partial charge in [-0.25, -0.2) is 4.98 Å². The second kappa shape index (κ2) is 5.29. The molecule has 0 bridgehead atoms. The van der Waals surface area contributed by atoms with E-state index in [1.54, 1.807) is 12.3 Å². The number of pyridine rings is 1. The molecule has 96 valence electrons. The van der Waals surface area contributed by atoms with Crippen molar-refractivity contribution in [2.24, 2.45) is 0 Å². The van der Waals surface area contributed by atoms with Gasteiger partial charge < -0.3 is 4.98 Å². The van der Waals surface area contributed by atoms with E-state index in [1.165, 1.54) is 6.20 Å². The SMILES string of the molecule is Cc1c(-c2cncc(C#N)c2)[nH]c(C(C)C)nc1=S. The summed E-state index contributed by atoms with van der Waals surface area (Å²) >= 11 is 5.29. The quantitative estimate of drug-likeness (QED) is 0.848. The van der Waals surface area contributed by atoms with Gasteiger partial charge in [-0.2, -0.15) is 5.26 Å². The van der Waals surface area contributed by atoms with Crippen molar-refractivity contribution in [3.63, 3.8) is 0 Å². The lowest BCUT2D eigenvalue weighted by atomic mass is 10.1. The van der Waals surface area contributed by atoms with Gasteiger partial charge in [0, 0.05) is 29.4 Å². The summed E-state index contributed by atoms with van der Waals surface area (Å²) in [6, 6.07) is 3.89. The molecular formula is C14H14N4S. The van der Waals surface area contributed by atoms with Gasteiger partial charge in [0.1, 0.15) is 16.5 Å². The zero-order chi connectivity index (χ0) is 14.0. The largest absolute Gasteiger partial charge is 0.343 e. The molecule has 1 N–H and O–H groups in total. The molecule has 0 radical (unpaired) electrons. The summed E-state index contributed by atoms with van der Waals surface area (Å²) in [6.07, 6.45) is 3.26. The average Bonchev–Trinajstić information content (AvgIpc) is 2.41. The van der Waals surface area contributed by atoms with Gasteiger partial charge in [0.05, 0.1) is 11.3 Å². The number of nitrogens with one attached hydrogen (secondary N) is 1. The first-order valence-electron chi connectivity index (χ1n) is 5.99. The lowest BCUT2D eigenvalue weighted by molar-refractivity contribution is 0.770. The number of rotatable bonds is 2. The van der Waals surface area contributed by atoms with Crippen LogP contribution in [0, 0.1) is 22.9 Å². The molecule has 0 fully saturated rings. The molecule has 2 aromatic heterocycles. The highest BCUT2D eigenvalue weighted by Crippen LogP contribution is 2.23. The third kappa shape index (κ3) is 2.69. The van der Waals surface area contributed by atoms with E-state index in [1.807, 2.05) is 6.92 Å². The predicted octanol–water partition coefficient (Wildman–Crippen LogP) is 3.50. The fourth-order valence-corrected chi connectivity index (χ4v) is 1.95. The molecular weight excluding hydrogens is 256 g/mol. The van der Waals surface area contributed by atoms with Crippen LogP contribution in [0.1, 0.15) is 36.7 Å². The highest BCUT2D eigenvalue weighted by atomic mass is 32.1. The highest BCUT2D eigenvalue weighted by Gasteiger charge is 2.10. The minimum absolute atomic E-state index is 0.258. The van der Waals surface area contributed by atoms with Crippen LogP contribution in [-0.2, 0) is 0 Å². The van der Waals surface area contributed by atoms with Crippen LogP contribution < -0.4 is 0 Å². The lowest BCUT2D eigenvalue weighted by Gasteiger charge is -2.11. The topological polar surface area (TPSA) is 65.4 Å². The van der Waals surface area contributed by atoms with Crippen LogP contribution in [0.25, 0.3) is 11.3 Å². The van der Waals surface area contributed by atoms with Crippen LogP contribution in [0.3, 0.4) is 0 Å². The predicted molar refractivity (Wildman–Crippen MR) is 76.2 cm³/mol. The molecule has 0 unspecified atom stereocenters. The Morgan fingerprint density at radius 1 is 1.37 bits per heavy atom. The second-order valence-corrected chi connectivity index (χ2v) is 5.04. The van der Waals surface area contributed by atoms with Crippen molar-refractivity contribution in [2.75, 3.05) is 0 Å². The first-order chi connectivity index (χ1) is 9.02. The summed E-state index contributed by atoms with van der Waals surface area (Å²) in [7, 11) is 0. The molecule has 19 heavy (non-hydrogen) atoms. The molecule has 4 nitrogen and oxygen atoms in total. The Kier molecular flexibility index (Phi) is 3.72. The maximum atomic E-state index is 8.94. The molecule has 5 heteroatoms. The molecule has 2 rings (SSSR count). The summed E-state index contributed by atoms with van der Waals surface area (Å²) in [4.78, 5) is 11.7. The summed E-state index contributed by atoms with van der Waals surface area (Å²) in [6.45, 7) is 6.03. The van der Waals surface area contributed by atoms with Gasteiger partial charge in [-0.3, -0.25) is 4.98 Å². The average molecular weight is 270 g/mol. The molecule has 0 aliphatic carbocycles. The van der Waals surface area contributed by atoms with Gasteiger partial charge in [0.15, 0.2) is 0 Å². The van der Waals surface area contributed by atoms with E-state index in [2.05, 4.69) is 34.9 Å². The first kappa shape index (κ1) is 13.4. The van der Waals surface area contributed by atoms with Crippen LogP contribution in [0.4, 0.5) is 0 Å². The third-order valence-electron chi connectivity index (χ3n) is 2.87. The number of nitriles is 1. The Hall–Kier alpha value is -2.06. The minimum atomic E-state index is 0.258. The van der Waals surface area contributed by atoms with E-state index >= 15 is 0 Å². The van der Waals surface area contributed by atoms with Crippen molar-refractivity contribution in [1.82, 2.24) is 15.0 Å². The number of hydrogen-bond acceptors (Lipinski definition) is 4. The molecule has 2 heterocycles. The molecule has 0 aromatic carbocycles. The Morgan fingerprint density at radius 3 is 2.74 bits per heavy atom. The molecule has 2 aromatic rings. The van der Waals surface area contributed by atoms with Crippen molar-refractivity contribution >= 4 is 12.2 Å². The molecule has 0 amide bonds. The molecule has 0 saturated heterocycles. The number of hydrogen-bond donors (Lipinski definition) is 1. The maximum Gasteiger partial charge on any atom is 0.133 e. The Balaban J connectivity index is 2.67. The molecule has 0 aliphatic heterocycles. The normalized spacial score (nSPS) is 10.5. The van der Waals surface area contributed by atoms with Gasteiger partial charge >= 0.3 is 0 Å². The van der Waals surface area contributed by atoms with E-state index in [4.69, 9.17) is 17.5 Å². The Bertz CT molecular complexity index is 710. The summed E-state index contributed by atoms with van der Waals surface area (Å²) in [5.41, 5.74) is 3.16. The smallest absolute Gasteiger partial charge is 0.133 e. The van der Waals surface area contributed by atoms with Gasteiger partial charge in [0.25, 0.3) is 0 Å². The third-order valence-corrected chi connectivity index (χ3v) is 3.27. The van der Waals surface area contributed by atoms with Gasteiger partial charge in [-0.05, 0) is 13.0 Å². The van der Waals surface area contributed by atoms with E-state index in [0.717, 1.165) is 22.6 Å². The summed E-state index contributed by atoms with van der Waals surface area (Å²) in [5, 5.41) is 8.94. The first-order valence-corrected chi connectivity index (χ1v) is 6.40. The maximum absolute atomic E-state index is 8.94. The zero-order valence-corrected chi connectivity index (χ0v) is 11.9. The van der Waals surface area contributed by atoms with Crippen molar-refractivity contribution in [3.8, 4) is 17.3 Å². The van der Waals surface area contributed by atoms with Crippen LogP contribution in [0.15, 0.2) is 18.5 Å². The van der Waals surface area contributed by atoms with Gasteiger partial charge in [-0.15, -0.1) is 0 Å². The van der Waals surface area contributed by atoms with Crippen LogP contribution >= 0.6 is 12.2 Å². The fraction of sp³-hybridized carbons (Fsp3) is 0.286. The van der Waals surface area contributed by atoms with E-state index in [-0.39, 0.29) is 5.92 Å². The van der Waals surface area contributed by atoms with Crippen LogP contribution in [0.2, 0.25) is 0 Å². The van der Waals surface area contributed by atoms with E-state index < -0.39 is 0 Å². The molecule has 0 saturated carbocycles. The fourth-order valence-electron chi connectivity index (χ4n) is 1.75.